The summed E-state index contributed by atoms with van der Waals surface area (Å²) in [5.41, 5.74) is 0.0481. The van der Waals surface area contributed by atoms with Gasteiger partial charge in [0.15, 0.2) is 5.78 Å². The SMILES string of the molecule is CC(c1nc(-c2cccc(C(F)(F)F)c2)no1)N1CCC(C(=O)c2ccc(O)cc2)CC1. The van der Waals surface area contributed by atoms with Gasteiger partial charge >= 0.3 is 6.18 Å². The first-order chi connectivity index (χ1) is 15.2. The van der Waals surface area contributed by atoms with E-state index in [1.807, 2.05) is 6.92 Å². The van der Waals surface area contributed by atoms with Gasteiger partial charge in [-0.3, -0.25) is 9.69 Å². The summed E-state index contributed by atoms with van der Waals surface area (Å²) in [5.74, 6) is 0.499. The van der Waals surface area contributed by atoms with Crippen LogP contribution in [0.5, 0.6) is 5.75 Å². The minimum atomic E-state index is -4.45. The lowest BCUT2D eigenvalue weighted by Gasteiger charge is -2.33. The van der Waals surface area contributed by atoms with Gasteiger partial charge in [0.2, 0.25) is 11.7 Å². The molecule has 0 aliphatic carbocycles. The Bertz CT molecular complexity index is 1090. The maximum Gasteiger partial charge on any atom is 0.416 e. The first-order valence-corrected chi connectivity index (χ1v) is 10.3. The molecule has 0 radical (unpaired) electrons. The fourth-order valence-corrected chi connectivity index (χ4v) is 3.92. The fourth-order valence-electron chi connectivity index (χ4n) is 3.92. The monoisotopic (exact) mass is 445 g/mol. The van der Waals surface area contributed by atoms with Crippen LogP contribution < -0.4 is 0 Å². The maximum atomic E-state index is 13.0. The first kappa shape index (κ1) is 22.0. The van der Waals surface area contributed by atoms with Gasteiger partial charge in [-0.25, -0.2) is 0 Å². The van der Waals surface area contributed by atoms with E-state index in [9.17, 15) is 23.1 Å². The second-order valence-corrected chi connectivity index (χ2v) is 7.93. The number of carbonyl (C=O) groups is 1. The number of phenolic OH excluding ortho intramolecular Hbond substituents is 1. The zero-order valence-corrected chi connectivity index (χ0v) is 17.3. The van der Waals surface area contributed by atoms with Crippen molar-refractivity contribution in [1.29, 1.82) is 0 Å². The van der Waals surface area contributed by atoms with Crippen LogP contribution in [0.25, 0.3) is 11.4 Å². The third-order valence-electron chi connectivity index (χ3n) is 5.85. The molecular formula is C23H22F3N3O3. The highest BCUT2D eigenvalue weighted by atomic mass is 19.4. The molecule has 1 saturated heterocycles. The minimum Gasteiger partial charge on any atom is -0.508 e. The molecule has 1 aromatic heterocycles. The van der Waals surface area contributed by atoms with Gasteiger partial charge in [-0.2, -0.15) is 18.2 Å². The Labute approximate surface area is 182 Å². The van der Waals surface area contributed by atoms with Gasteiger partial charge < -0.3 is 9.63 Å². The summed E-state index contributed by atoms with van der Waals surface area (Å²) in [4.78, 5) is 19.1. The van der Waals surface area contributed by atoms with Crippen LogP contribution in [0.15, 0.2) is 53.1 Å². The molecule has 2 heterocycles. The first-order valence-electron chi connectivity index (χ1n) is 10.3. The molecule has 1 fully saturated rings. The van der Waals surface area contributed by atoms with Crippen molar-refractivity contribution in [3.8, 4) is 17.1 Å². The molecule has 6 nitrogen and oxygen atoms in total. The summed E-state index contributed by atoms with van der Waals surface area (Å²) < 4.78 is 44.2. The smallest absolute Gasteiger partial charge is 0.416 e. The Morgan fingerprint density at radius 1 is 1.16 bits per heavy atom. The minimum absolute atomic E-state index is 0.0573. The van der Waals surface area contributed by atoms with Crippen molar-refractivity contribution >= 4 is 5.78 Å². The Morgan fingerprint density at radius 3 is 2.50 bits per heavy atom. The number of halogens is 3. The second kappa shape index (κ2) is 8.74. The number of aromatic nitrogens is 2. The number of hydrogen-bond donors (Lipinski definition) is 1. The highest BCUT2D eigenvalue weighted by Gasteiger charge is 2.32. The van der Waals surface area contributed by atoms with Gasteiger partial charge in [-0.15, -0.1) is 0 Å². The van der Waals surface area contributed by atoms with Gasteiger partial charge in [0.1, 0.15) is 5.75 Å². The topological polar surface area (TPSA) is 79.5 Å². The van der Waals surface area contributed by atoms with Crippen molar-refractivity contribution in [3.63, 3.8) is 0 Å². The molecular weight excluding hydrogens is 423 g/mol. The molecule has 2 aromatic carbocycles. The average molecular weight is 445 g/mol. The summed E-state index contributed by atoms with van der Waals surface area (Å²) in [7, 11) is 0. The van der Waals surface area contributed by atoms with Crippen LogP contribution in [0.1, 0.15) is 47.6 Å². The standard InChI is InChI=1S/C23H22F3N3O3/c1-14(22-27-21(28-32-22)17-3-2-4-18(13-17)23(24,25)26)29-11-9-16(10-12-29)20(31)15-5-7-19(30)8-6-15/h2-8,13-14,16,30H,9-12H2,1H3. The molecule has 1 aliphatic heterocycles. The number of phenols is 1. The molecule has 1 atom stereocenters. The number of likely N-dealkylation sites (tertiary alicyclic amines) is 1. The Balaban J connectivity index is 1.40. The van der Waals surface area contributed by atoms with E-state index in [-0.39, 0.29) is 34.9 Å². The molecule has 0 saturated carbocycles. The molecule has 0 spiro atoms. The van der Waals surface area contributed by atoms with Crippen molar-refractivity contribution in [1.82, 2.24) is 15.0 Å². The maximum absolute atomic E-state index is 13.0. The van der Waals surface area contributed by atoms with Crippen molar-refractivity contribution in [3.05, 3.63) is 65.5 Å². The second-order valence-electron chi connectivity index (χ2n) is 7.93. The Kier molecular flexibility index (Phi) is 6.01. The van der Waals surface area contributed by atoms with Gasteiger partial charge in [0, 0.05) is 17.0 Å². The van der Waals surface area contributed by atoms with E-state index in [1.165, 1.54) is 24.3 Å². The van der Waals surface area contributed by atoms with Crippen molar-refractivity contribution in [2.75, 3.05) is 13.1 Å². The highest BCUT2D eigenvalue weighted by molar-refractivity contribution is 5.98. The summed E-state index contributed by atoms with van der Waals surface area (Å²) in [6.45, 7) is 3.19. The number of carbonyl (C=O) groups excluding carboxylic acids is 1. The molecule has 1 unspecified atom stereocenters. The molecule has 9 heteroatoms. The lowest BCUT2D eigenvalue weighted by atomic mass is 9.88. The zero-order valence-electron chi connectivity index (χ0n) is 17.3. The molecule has 168 valence electrons. The fraction of sp³-hybridized carbons (Fsp3) is 0.348. The van der Waals surface area contributed by atoms with E-state index in [0.717, 1.165) is 12.1 Å². The van der Waals surface area contributed by atoms with Gasteiger partial charge in [-0.05, 0) is 69.3 Å². The molecule has 1 aliphatic rings. The number of Topliss-reactive ketones (excluding diaryl/α,β-unsaturated/α-hetero) is 1. The number of benzene rings is 2. The third-order valence-corrected chi connectivity index (χ3v) is 5.85. The zero-order chi connectivity index (χ0) is 22.9. The van der Waals surface area contributed by atoms with Gasteiger partial charge in [0.25, 0.3) is 0 Å². The van der Waals surface area contributed by atoms with Crippen LogP contribution in [0, 0.1) is 5.92 Å². The summed E-state index contributed by atoms with van der Waals surface area (Å²) in [5, 5.41) is 13.2. The van der Waals surface area contributed by atoms with E-state index in [4.69, 9.17) is 4.52 Å². The summed E-state index contributed by atoms with van der Waals surface area (Å²) in [6.07, 6.45) is -3.12. The number of nitrogens with zero attached hydrogens (tertiary/aromatic N) is 3. The van der Waals surface area contributed by atoms with Crippen LogP contribution in [0.2, 0.25) is 0 Å². The van der Waals surface area contributed by atoms with Crippen LogP contribution >= 0.6 is 0 Å². The quantitative estimate of drug-likeness (QED) is 0.550. The lowest BCUT2D eigenvalue weighted by Crippen LogP contribution is -2.38. The number of rotatable bonds is 5. The normalized spacial score (nSPS) is 16.8. The molecule has 1 N–H and O–H groups in total. The van der Waals surface area contributed by atoms with Crippen molar-refractivity contribution in [2.24, 2.45) is 5.92 Å². The van der Waals surface area contributed by atoms with Crippen molar-refractivity contribution in [2.45, 2.75) is 32.0 Å². The molecule has 0 bridgehead atoms. The van der Waals surface area contributed by atoms with Crippen molar-refractivity contribution < 1.29 is 27.6 Å². The van der Waals surface area contributed by atoms with E-state index < -0.39 is 11.7 Å². The van der Waals surface area contributed by atoms with E-state index in [1.54, 1.807) is 12.1 Å². The van der Waals surface area contributed by atoms with Crippen LogP contribution in [0.4, 0.5) is 13.2 Å². The van der Waals surface area contributed by atoms with Crippen LogP contribution in [-0.4, -0.2) is 39.0 Å². The van der Waals surface area contributed by atoms with Crippen LogP contribution in [0.3, 0.4) is 0 Å². The third kappa shape index (κ3) is 4.67. The highest BCUT2D eigenvalue weighted by Crippen LogP contribution is 2.33. The molecule has 0 amide bonds. The van der Waals surface area contributed by atoms with E-state index in [0.29, 0.717) is 37.4 Å². The summed E-state index contributed by atoms with van der Waals surface area (Å²) >= 11 is 0. The van der Waals surface area contributed by atoms with Gasteiger partial charge in [0.05, 0.1) is 11.6 Å². The number of ketones is 1. The van der Waals surface area contributed by atoms with E-state index in [2.05, 4.69) is 15.0 Å². The molecule has 3 aromatic rings. The number of aromatic hydroxyl groups is 1. The van der Waals surface area contributed by atoms with E-state index >= 15 is 0 Å². The Hall–Kier alpha value is -3.20. The predicted molar refractivity (Wildman–Crippen MR) is 110 cm³/mol. The number of piperidine rings is 1. The lowest BCUT2D eigenvalue weighted by molar-refractivity contribution is -0.137. The van der Waals surface area contributed by atoms with Gasteiger partial charge in [-0.1, -0.05) is 17.3 Å². The predicted octanol–water partition coefficient (Wildman–Crippen LogP) is 5.12. The largest absolute Gasteiger partial charge is 0.508 e. The Morgan fingerprint density at radius 2 is 1.84 bits per heavy atom. The van der Waals surface area contributed by atoms with Crippen LogP contribution in [-0.2, 0) is 6.18 Å². The summed E-state index contributed by atoms with van der Waals surface area (Å²) in [6, 6.07) is 10.8. The molecule has 32 heavy (non-hydrogen) atoms. The average Bonchev–Trinajstić information content (AvgIpc) is 3.29. The number of hydrogen-bond acceptors (Lipinski definition) is 6. The molecule has 4 rings (SSSR count). The number of alkyl halides is 3.